The van der Waals surface area contributed by atoms with Crippen LogP contribution < -0.4 is 19.5 Å². The average molecular weight is 357 g/mol. The van der Waals surface area contributed by atoms with Crippen LogP contribution in [0.5, 0.6) is 17.2 Å². The molecule has 0 fully saturated rings. The van der Waals surface area contributed by atoms with Gasteiger partial charge in [0.1, 0.15) is 5.75 Å². The SMILES string of the molecule is COc1ccc(-c2ccc3c(c2)OCC(C)(C)C3NC(=O)O)cc1OC. The van der Waals surface area contributed by atoms with E-state index in [1.807, 2.05) is 50.2 Å². The van der Waals surface area contributed by atoms with Gasteiger partial charge in [-0.1, -0.05) is 32.0 Å². The Balaban J connectivity index is 2.00. The van der Waals surface area contributed by atoms with Gasteiger partial charge in [0.2, 0.25) is 0 Å². The van der Waals surface area contributed by atoms with Crippen LogP contribution in [0, 0.1) is 5.41 Å². The van der Waals surface area contributed by atoms with Crippen molar-refractivity contribution in [2.45, 2.75) is 19.9 Å². The van der Waals surface area contributed by atoms with Crippen molar-refractivity contribution in [1.29, 1.82) is 0 Å². The summed E-state index contributed by atoms with van der Waals surface area (Å²) in [4.78, 5) is 11.2. The summed E-state index contributed by atoms with van der Waals surface area (Å²) in [6.07, 6.45) is -1.04. The molecular weight excluding hydrogens is 334 g/mol. The summed E-state index contributed by atoms with van der Waals surface area (Å²) in [5, 5.41) is 11.8. The summed E-state index contributed by atoms with van der Waals surface area (Å²) in [6.45, 7) is 4.40. The van der Waals surface area contributed by atoms with E-state index in [1.165, 1.54) is 0 Å². The van der Waals surface area contributed by atoms with Crippen LogP contribution in [0.3, 0.4) is 0 Å². The number of fused-ring (bicyclic) bond motifs is 1. The monoisotopic (exact) mass is 357 g/mol. The lowest BCUT2D eigenvalue weighted by molar-refractivity contribution is 0.0996. The van der Waals surface area contributed by atoms with Gasteiger partial charge >= 0.3 is 6.09 Å². The Morgan fingerprint density at radius 1 is 1.12 bits per heavy atom. The van der Waals surface area contributed by atoms with E-state index in [0.717, 1.165) is 16.7 Å². The molecule has 0 saturated heterocycles. The second-order valence-electron chi connectivity index (χ2n) is 6.98. The van der Waals surface area contributed by atoms with Crippen LogP contribution >= 0.6 is 0 Å². The van der Waals surface area contributed by atoms with Gasteiger partial charge in [-0.3, -0.25) is 0 Å². The average Bonchev–Trinajstić information content (AvgIpc) is 2.63. The molecule has 1 amide bonds. The van der Waals surface area contributed by atoms with E-state index in [4.69, 9.17) is 14.2 Å². The normalized spacial score (nSPS) is 17.6. The lowest BCUT2D eigenvalue weighted by Crippen LogP contribution is -2.43. The van der Waals surface area contributed by atoms with Gasteiger partial charge in [0, 0.05) is 11.0 Å². The quantitative estimate of drug-likeness (QED) is 0.861. The van der Waals surface area contributed by atoms with Crippen molar-refractivity contribution in [3.63, 3.8) is 0 Å². The minimum absolute atomic E-state index is 0.330. The van der Waals surface area contributed by atoms with Gasteiger partial charge in [-0.25, -0.2) is 4.79 Å². The van der Waals surface area contributed by atoms with Gasteiger partial charge in [0.25, 0.3) is 0 Å². The van der Waals surface area contributed by atoms with Crippen molar-refractivity contribution in [2.24, 2.45) is 5.41 Å². The van der Waals surface area contributed by atoms with Crippen molar-refractivity contribution in [3.05, 3.63) is 42.0 Å². The van der Waals surface area contributed by atoms with Crippen LogP contribution in [0.1, 0.15) is 25.5 Å². The van der Waals surface area contributed by atoms with Crippen molar-refractivity contribution in [1.82, 2.24) is 5.32 Å². The van der Waals surface area contributed by atoms with E-state index in [9.17, 15) is 9.90 Å². The molecule has 138 valence electrons. The first-order chi connectivity index (χ1) is 12.4. The number of hydrogen-bond acceptors (Lipinski definition) is 4. The fourth-order valence-corrected chi connectivity index (χ4v) is 3.26. The highest BCUT2D eigenvalue weighted by Crippen LogP contribution is 2.44. The minimum Gasteiger partial charge on any atom is -0.493 e. The zero-order valence-corrected chi connectivity index (χ0v) is 15.3. The minimum atomic E-state index is -1.04. The van der Waals surface area contributed by atoms with Crippen molar-refractivity contribution in [2.75, 3.05) is 20.8 Å². The summed E-state index contributed by atoms with van der Waals surface area (Å²) in [6, 6.07) is 11.2. The topological polar surface area (TPSA) is 77.0 Å². The van der Waals surface area contributed by atoms with E-state index in [-0.39, 0.29) is 11.5 Å². The predicted molar refractivity (Wildman–Crippen MR) is 98.2 cm³/mol. The number of benzene rings is 2. The number of carboxylic acid groups (broad SMARTS) is 1. The summed E-state index contributed by atoms with van der Waals surface area (Å²) in [7, 11) is 3.20. The summed E-state index contributed by atoms with van der Waals surface area (Å²) in [5.74, 6) is 2.00. The molecule has 2 N–H and O–H groups in total. The van der Waals surface area contributed by atoms with Crippen LogP contribution in [0.15, 0.2) is 36.4 Å². The molecule has 0 aliphatic carbocycles. The Kier molecular flexibility index (Phi) is 4.68. The molecule has 26 heavy (non-hydrogen) atoms. The smallest absolute Gasteiger partial charge is 0.405 e. The first-order valence-electron chi connectivity index (χ1n) is 8.34. The molecule has 0 bridgehead atoms. The molecular formula is C20H23NO5. The maximum absolute atomic E-state index is 11.2. The van der Waals surface area contributed by atoms with Crippen LogP contribution in [0.25, 0.3) is 11.1 Å². The maximum atomic E-state index is 11.2. The molecule has 1 heterocycles. The molecule has 2 aromatic carbocycles. The lowest BCUT2D eigenvalue weighted by atomic mass is 9.78. The Bertz CT molecular complexity index is 831. The maximum Gasteiger partial charge on any atom is 0.405 e. The Morgan fingerprint density at radius 3 is 2.42 bits per heavy atom. The van der Waals surface area contributed by atoms with Crippen LogP contribution in [-0.2, 0) is 0 Å². The van der Waals surface area contributed by atoms with Crippen molar-refractivity contribution >= 4 is 6.09 Å². The highest BCUT2D eigenvalue weighted by molar-refractivity contribution is 5.70. The van der Waals surface area contributed by atoms with Gasteiger partial charge in [-0.2, -0.15) is 0 Å². The third kappa shape index (κ3) is 3.27. The fourth-order valence-electron chi connectivity index (χ4n) is 3.26. The number of methoxy groups -OCH3 is 2. The number of ether oxygens (including phenoxy) is 3. The van der Waals surface area contributed by atoms with Crippen LogP contribution in [-0.4, -0.2) is 32.0 Å². The third-order valence-electron chi connectivity index (χ3n) is 4.69. The molecule has 3 rings (SSSR count). The molecule has 1 atom stereocenters. The highest BCUT2D eigenvalue weighted by atomic mass is 16.5. The first kappa shape index (κ1) is 17.9. The van der Waals surface area contributed by atoms with Crippen LogP contribution in [0.2, 0.25) is 0 Å². The molecule has 0 saturated carbocycles. The largest absolute Gasteiger partial charge is 0.493 e. The van der Waals surface area contributed by atoms with Gasteiger partial charge in [-0.15, -0.1) is 0 Å². The standard InChI is InChI=1S/C20H23NO5/c1-20(2)11-26-16-9-12(5-7-14(16)18(20)21-19(22)23)13-6-8-15(24-3)17(10-13)25-4/h5-10,18,21H,11H2,1-4H3,(H,22,23). The molecule has 2 aromatic rings. The Labute approximate surface area is 152 Å². The lowest BCUT2D eigenvalue weighted by Gasteiger charge is -2.39. The van der Waals surface area contributed by atoms with E-state index >= 15 is 0 Å². The van der Waals surface area contributed by atoms with Gasteiger partial charge in [0.05, 0.1) is 26.9 Å². The Morgan fingerprint density at radius 2 is 1.77 bits per heavy atom. The molecule has 1 unspecified atom stereocenters. The number of carbonyl (C=O) groups is 1. The number of rotatable bonds is 4. The molecule has 0 aromatic heterocycles. The van der Waals surface area contributed by atoms with E-state index < -0.39 is 6.09 Å². The van der Waals surface area contributed by atoms with Gasteiger partial charge in [-0.05, 0) is 29.3 Å². The predicted octanol–water partition coefficient (Wildman–Crippen LogP) is 4.10. The molecule has 1 aliphatic rings. The molecule has 6 heteroatoms. The Hall–Kier alpha value is -2.89. The molecule has 0 radical (unpaired) electrons. The van der Waals surface area contributed by atoms with Gasteiger partial charge in [0.15, 0.2) is 11.5 Å². The molecule has 6 nitrogen and oxygen atoms in total. The third-order valence-corrected chi connectivity index (χ3v) is 4.69. The second kappa shape index (κ2) is 6.78. The molecule has 1 aliphatic heterocycles. The van der Waals surface area contributed by atoms with E-state index in [2.05, 4.69) is 5.32 Å². The van der Waals surface area contributed by atoms with E-state index in [0.29, 0.717) is 23.9 Å². The zero-order chi connectivity index (χ0) is 18.9. The second-order valence-corrected chi connectivity index (χ2v) is 6.98. The number of nitrogens with one attached hydrogen (secondary N) is 1. The van der Waals surface area contributed by atoms with Crippen LogP contribution in [0.4, 0.5) is 4.79 Å². The number of amides is 1. The highest BCUT2D eigenvalue weighted by Gasteiger charge is 2.38. The molecule has 0 spiro atoms. The zero-order valence-electron chi connectivity index (χ0n) is 15.3. The summed E-state index contributed by atoms with van der Waals surface area (Å²) >= 11 is 0. The van der Waals surface area contributed by atoms with Crippen molar-refractivity contribution in [3.8, 4) is 28.4 Å². The van der Waals surface area contributed by atoms with Crippen molar-refractivity contribution < 1.29 is 24.1 Å². The summed E-state index contributed by atoms with van der Waals surface area (Å²) in [5.41, 5.74) is 2.42. The summed E-state index contributed by atoms with van der Waals surface area (Å²) < 4.78 is 16.6. The first-order valence-corrected chi connectivity index (χ1v) is 8.34. The fraction of sp³-hybridized carbons (Fsp3) is 0.350. The van der Waals surface area contributed by atoms with E-state index in [1.54, 1.807) is 14.2 Å². The number of hydrogen-bond donors (Lipinski definition) is 2. The van der Waals surface area contributed by atoms with Gasteiger partial charge < -0.3 is 24.6 Å².